The van der Waals surface area contributed by atoms with Crippen molar-refractivity contribution in [3.05, 3.63) is 83.6 Å². The standard InChI is InChI=1S/C33H38N4O6/c38-31(39)20-24-6-10-28(11-7-24)42-23-26-14-18-37(19-15-26)33(41)43-29-12-13-30(34-21-29)35-32(40)27-8-4-25(5-9-27)22-36-16-2-1-3-17-36/h4-13,21,26H,1-3,14-20,22-23H2,(H,38,39)(H,34,35,40). The number of carbonyl (C=O) groups excluding carboxylic acids is 2. The Kier molecular flexibility index (Phi) is 10.2. The molecule has 226 valence electrons. The second-order valence-electron chi connectivity index (χ2n) is 11.2. The molecule has 2 aliphatic rings. The van der Waals surface area contributed by atoms with Crippen LogP contribution in [0.2, 0.25) is 0 Å². The van der Waals surface area contributed by atoms with E-state index in [0.717, 1.165) is 38.0 Å². The molecule has 43 heavy (non-hydrogen) atoms. The highest BCUT2D eigenvalue weighted by Gasteiger charge is 2.25. The Labute approximate surface area is 251 Å². The van der Waals surface area contributed by atoms with E-state index in [1.165, 1.54) is 31.0 Å². The first-order valence-electron chi connectivity index (χ1n) is 14.9. The highest BCUT2D eigenvalue weighted by molar-refractivity contribution is 6.03. The zero-order valence-corrected chi connectivity index (χ0v) is 24.2. The molecule has 1 aromatic heterocycles. The van der Waals surface area contributed by atoms with Gasteiger partial charge in [-0.05, 0) is 92.2 Å². The van der Waals surface area contributed by atoms with E-state index >= 15 is 0 Å². The van der Waals surface area contributed by atoms with Gasteiger partial charge in [-0.15, -0.1) is 0 Å². The van der Waals surface area contributed by atoms with Crippen molar-refractivity contribution in [3.63, 3.8) is 0 Å². The summed E-state index contributed by atoms with van der Waals surface area (Å²) in [4.78, 5) is 44.6. The number of hydrogen-bond donors (Lipinski definition) is 2. The van der Waals surface area contributed by atoms with Crippen LogP contribution in [-0.2, 0) is 17.8 Å². The number of anilines is 1. The van der Waals surface area contributed by atoms with Crippen LogP contribution in [0.25, 0.3) is 0 Å². The second-order valence-corrected chi connectivity index (χ2v) is 11.2. The van der Waals surface area contributed by atoms with Crippen molar-refractivity contribution in [1.29, 1.82) is 0 Å². The van der Waals surface area contributed by atoms with Crippen LogP contribution in [0.3, 0.4) is 0 Å². The number of carboxylic acids is 1. The summed E-state index contributed by atoms with van der Waals surface area (Å²) in [5.41, 5.74) is 2.48. The van der Waals surface area contributed by atoms with Crippen LogP contribution in [0.5, 0.6) is 11.5 Å². The molecule has 5 rings (SSSR count). The molecule has 10 heteroatoms. The maximum Gasteiger partial charge on any atom is 0.415 e. The summed E-state index contributed by atoms with van der Waals surface area (Å²) < 4.78 is 11.4. The van der Waals surface area contributed by atoms with E-state index in [1.807, 2.05) is 24.3 Å². The minimum absolute atomic E-state index is 0.0142. The highest BCUT2D eigenvalue weighted by atomic mass is 16.6. The third-order valence-corrected chi connectivity index (χ3v) is 7.89. The van der Waals surface area contributed by atoms with Gasteiger partial charge in [-0.3, -0.25) is 14.5 Å². The van der Waals surface area contributed by atoms with Gasteiger partial charge in [0.05, 0.1) is 19.2 Å². The molecular weight excluding hydrogens is 548 g/mol. The van der Waals surface area contributed by atoms with Gasteiger partial charge in [-0.2, -0.15) is 0 Å². The van der Waals surface area contributed by atoms with E-state index in [0.29, 0.717) is 48.5 Å². The SMILES string of the molecule is O=C(O)Cc1ccc(OCC2CCN(C(=O)Oc3ccc(NC(=O)c4ccc(CN5CCCCC5)cc4)nc3)CC2)cc1. The zero-order valence-electron chi connectivity index (χ0n) is 24.2. The lowest BCUT2D eigenvalue weighted by Crippen LogP contribution is -2.41. The predicted molar refractivity (Wildman–Crippen MR) is 161 cm³/mol. The largest absolute Gasteiger partial charge is 0.493 e. The number of carbonyl (C=O) groups is 3. The van der Waals surface area contributed by atoms with Gasteiger partial charge in [-0.1, -0.05) is 30.7 Å². The molecule has 0 atom stereocenters. The van der Waals surface area contributed by atoms with Crippen LogP contribution in [0.1, 0.15) is 53.6 Å². The molecule has 3 aromatic rings. The smallest absolute Gasteiger partial charge is 0.415 e. The number of hydrogen-bond acceptors (Lipinski definition) is 7. The molecule has 2 aromatic carbocycles. The summed E-state index contributed by atoms with van der Waals surface area (Å²) in [7, 11) is 0. The first-order chi connectivity index (χ1) is 20.9. The van der Waals surface area contributed by atoms with Crippen molar-refractivity contribution in [1.82, 2.24) is 14.8 Å². The van der Waals surface area contributed by atoms with Gasteiger partial charge in [0.2, 0.25) is 0 Å². The van der Waals surface area contributed by atoms with Crippen LogP contribution < -0.4 is 14.8 Å². The summed E-state index contributed by atoms with van der Waals surface area (Å²) in [6, 6.07) is 18.0. The molecular formula is C33H38N4O6. The van der Waals surface area contributed by atoms with Gasteiger partial charge in [0.15, 0.2) is 5.75 Å². The molecule has 3 heterocycles. The number of pyridine rings is 1. The van der Waals surface area contributed by atoms with Crippen molar-refractivity contribution >= 4 is 23.8 Å². The number of amides is 2. The van der Waals surface area contributed by atoms with Gasteiger partial charge in [0.25, 0.3) is 5.91 Å². The van der Waals surface area contributed by atoms with Crippen molar-refractivity contribution in [2.75, 3.05) is 38.1 Å². The average molecular weight is 587 g/mol. The lowest BCUT2D eigenvalue weighted by Gasteiger charge is -2.31. The van der Waals surface area contributed by atoms with Crippen molar-refractivity contribution in [3.8, 4) is 11.5 Å². The molecule has 10 nitrogen and oxygen atoms in total. The monoisotopic (exact) mass is 586 g/mol. The van der Waals surface area contributed by atoms with Crippen LogP contribution in [0, 0.1) is 5.92 Å². The Morgan fingerprint density at radius 2 is 1.51 bits per heavy atom. The third-order valence-electron chi connectivity index (χ3n) is 7.89. The number of aliphatic carboxylic acids is 1. The van der Waals surface area contributed by atoms with Crippen molar-refractivity contribution < 1.29 is 29.0 Å². The Hall–Kier alpha value is -4.44. The van der Waals surface area contributed by atoms with Gasteiger partial charge in [-0.25, -0.2) is 9.78 Å². The Bertz CT molecular complexity index is 1360. The van der Waals surface area contributed by atoms with Gasteiger partial charge in [0, 0.05) is 25.2 Å². The van der Waals surface area contributed by atoms with Crippen LogP contribution in [0.4, 0.5) is 10.6 Å². The number of piperidine rings is 2. The van der Waals surface area contributed by atoms with Crippen molar-refractivity contribution in [2.24, 2.45) is 5.92 Å². The number of likely N-dealkylation sites (tertiary alicyclic amines) is 2. The van der Waals surface area contributed by atoms with Crippen LogP contribution in [-0.4, -0.2) is 70.6 Å². The number of ether oxygens (including phenoxy) is 2. The Morgan fingerprint density at radius 1 is 0.837 bits per heavy atom. The highest BCUT2D eigenvalue weighted by Crippen LogP contribution is 2.22. The average Bonchev–Trinajstić information content (AvgIpc) is 3.02. The molecule has 0 radical (unpaired) electrons. The predicted octanol–water partition coefficient (Wildman–Crippen LogP) is 5.24. The molecule has 0 bridgehead atoms. The summed E-state index contributed by atoms with van der Waals surface area (Å²) in [6.45, 7) is 4.81. The summed E-state index contributed by atoms with van der Waals surface area (Å²) in [6.07, 6.45) is 6.36. The normalized spacial score (nSPS) is 16.0. The van der Waals surface area contributed by atoms with E-state index < -0.39 is 12.1 Å². The zero-order chi connectivity index (χ0) is 30.0. The van der Waals surface area contributed by atoms with E-state index in [2.05, 4.69) is 15.2 Å². The minimum Gasteiger partial charge on any atom is -0.493 e. The minimum atomic E-state index is -0.865. The second kappa shape index (κ2) is 14.6. The maximum absolute atomic E-state index is 12.7. The molecule has 0 spiro atoms. The fraction of sp³-hybridized carbons (Fsp3) is 0.394. The van der Waals surface area contributed by atoms with E-state index in [-0.39, 0.29) is 12.3 Å². The topological polar surface area (TPSA) is 121 Å². The Balaban J connectivity index is 1.02. The number of nitrogens with zero attached hydrogens (tertiary/aromatic N) is 3. The number of nitrogens with one attached hydrogen (secondary N) is 1. The fourth-order valence-electron chi connectivity index (χ4n) is 5.38. The first-order valence-corrected chi connectivity index (χ1v) is 14.9. The number of aromatic nitrogens is 1. The lowest BCUT2D eigenvalue weighted by molar-refractivity contribution is -0.136. The molecule has 0 aliphatic carbocycles. The molecule has 0 saturated carbocycles. The van der Waals surface area contributed by atoms with Crippen LogP contribution >= 0.6 is 0 Å². The molecule has 2 aliphatic heterocycles. The first kappa shape index (κ1) is 30.0. The van der Waals surface area contributed by atoms with Gasteiger partial charge >= 0.3 is 12.1 Å². The number of carboxylic acid groups (broad SMARTS) is 1. The lowest BCUT2D eigenvalue weighted by atomic mass is 9.98. The van der Waals surface area contributed by atoms with E-state index in [1.54, 1.807) is 41.3 Å². The molecule has 2 N–H and O–H groups in total. The van der Waals surface area contributed by atoms with E-state index in [4.69, 9.17) is 14.6 Å². The quantitative estimate of drug-likeness (QED) is 0.331. The maximum atomic E-state index is 12.7. The van der Waals surface area contributed by atoms with Crippen molar-refractivity contribution in [2.45, 2.75) is 45.1 Å². The fourth-order valence-corrected chi connectivity index (χ4v) is 5.38. The molecule has 2 amide bonds. The van der Waals surface area contributed by atoms with Gasteiger partial charge in [0.1, 0.15) is 11.6 Å². The summed E-state index contributed by atoms with van der Waals surface area (Å²) in [5.74, 6) is 0.573. The van der Waals surface area contributed by atoms with E-state index in [9.17, 15) is 14.4 Å². The van der Waals surface area contributed by atoms with Gasteiger partial charge < -0.3 is 24.8 Å². The molecule has 0 unspecified atom stereocenters. The third kappa shape index (κ3) is 9.02. The molecule has 2 saturated heterocycles. The summed E-state index contributed by atoms with van der Waals surface area (Å²) >= 11 is 0. The number of rotatable bonds is 10. The Morgan fingerprint density at radius 3 is 2.16 bits per heavy atom. The van der Waals surface area contributed by atoms with Crippen LogP contribution in [0.15, 0.2) is 66.9 Å². The number of benzene rings is 2. The molecule has 2 fully saturated rings. The summed E-state index contributed by atoms with van der Waals surface area (Å²) in [5, 5.41) is 11.7.